The van der Waals surface area contributed by atoms with Gasteiger partial charge in [0.15, 0.2) is 0 Å². The molecule has 5 nitrogen and oxygen atoms in total. The smallest absolute Gasteiger partial charge is 0.221 e. The van der Waals surface area contributed by atoms with Gasteiger partial charge in [0, 0.05) is 19.2 Å². The average Bonchev–Trinajstić information content (AvgIpc) is 2.28. The Balaban J connectivity index is 2.25. The molecular weight excluding hydrogens is 254 g/mol. The van der Waals surface area contributed by atoms with E-state index < -0.39 is 9.84 Å². The normalized spacial score (nSPS) is 11.2. The van der Waals surface area contributed by atoms with E-state index in [0.717, 1.165) is 11.8 Å². The molecule has 0 saturated heterocycles. The molecule has 0 aliphatic heterocycles. The minimum absolute atomic E-state index is 0.00554. The highest BCUT2D eigenvalue weighted by atomic mass is 32.2. The summed E-state index contributed by atoms with van der Waals surface area (Å²) in [7, 11) is -3.09. The molecule has 0 atom stereocenters. The Morgan fingerprint density at radius 1 is 1.28 bits per heavy atom. The fraction of sp³-hybridized carbons (Fsp3) is 0.417. The summed E-state index contributed by atoms with van der Waals surface area (Å²) >= 11 is 0. The van der Waals surface area contributed by atoms with E-state index >= 15 is 0 Å². The zero-order valence-electron chi connectivity index (χ0n) is 10.2. The van der Waals surface area contributed by atoms with Crippen molar-refractivity contribution >= 4 is 15.7 Å². The molecule has 100 valence electrons. The van der Waals surface area contributed by atoms with Crippen molar-refractivity contribution < 1.29 is 18.3 Å². The largest absolute Gasteiger partial charge is 0.508 e. The zero-order chi connectivity index (χ0) is 13.6. The number of benzene rings is 1. The maximum absolute atomic E-state index is 11.3. The van der Waals surface area contributed by atoms with Crippen LogP contribution in [0.25, 0.3) is 0 Å². The summed E-state index contributed by atoms with van der Waals surface area (Å²) in [6.07, 6.45) is 1.75. The molecule has 0 heterocycles. The van der Waals surface area contributed by atoms with Gasteiger partial charge in [0.2, 0.25) is 5.91 Å². The van der Waals surface area contributed by atoms with E-state index in [0.29, 0.717) is 13.0 Å². The van der Waals surface area contributed by atoms with Gasteiger partial charge in [-0.2, -0.15) is 0 Å². The molecule has 0 aliphatic rings. The minimum atomic E-state index is -3.09. The van der Waals surface area contributed by atoms with Gasteiger partial charge in [0.25, 0.3) is 0 Å². The first-order valence-corrected chi connectivity index (χ1v) is 7.65. The van der Waals surface area contributed by atoms with Gasteiger partial charge < -0.3 is 10.4 Å². The molecule has 0 bridgehead atoms. The molecule has 1 aromatic rings. The van der Waals surface area contributed by atoms with Crippen molar-refractivity contribution in [3.05, 3.63) is 29.8 Å². The van der Waals surface area contributed by atoms with E-state index in [9.17, 15) is 13.2 Å². The molecule has 1 amide bonds. The van der Waals surface area contributed by atoms with E-state index in [4.69, 9.17) is 5.11 Å². The zero-order valence-corrected chi connectivity index (χ0v) is 11.0. The summed E-state index contributed by atoms with van der Waals surface area (Å²) in [6, 6.07) is 6.72. The summed E-state index contributed by atoms with van der Waals surface area (Å²) in [5, 5.41) is 11.7. The van der Waals surface area contributed by atoms with E-state index in [1.165, 1.54) is 0 Å². The number of sulfone groups is 1. The summed E-state index contributed by atoms with van der Waals surface area (Å²) < 4.78 is 21.7. The predicted molar refractivity (Wildman–Crippen MR) is 69.1 cm³/mol. The van der Waals surface area contributed by atoms with Crippen LogP contribution in [0.3, 0.4) is 0 Å². The van der Waals surface area contributed by atoms with Gasteiger partial charge in [-0.05, 0) is 24.1 Å². The third-order valence-electron chi connectivity index (χ3n) is 2.37. The van der Waals surface area contributed by atoms with Crippen LogP contribution in [-0.4, -0.2) is 38.0 Å². The van der Waals surface area contributed by atoms with Crippen LogP contribution in [0.5, 0.6) is 5.75 Å². The number of hydrogen-bond donors (Lipinski definition) is 2. The average molecular weight is 271 g/mol. The lowest BCUT2D eigenvalue weighted by Crippen LogP contribution is -2.27. The Labute approximate surface area is 107 Å². The van der Waals surface area contributed by atoms with Crippen molar-refractivity contribution in [3.8, 4) is 5.75 Å². The first kappa shape index (κ1) is 14.5. The van der Waals surface area contributed by atoms with Crippen LogP contribution in [0.1, 0.15) is 12.0 Å². The highest BCUT2D eigenvalue weighted by molar-refractivity contribution is 7.90. The summed E-state index contributed by atoms with van der Waals surface area (Å²) in [4.78, 5) is 11.3. The molecule has 18 heavy (non-hydrogen) atoms. The lowest BCUT2D eigenvalue weighted by Gasteiger charge is -2.05. The number of phenols is 1. The number of nitrogens with one attached hydrogen (secondary N) is 1. The van der Waals surface area contributed by atoms with E-state index in [-0.39, 0.29) is 23.8 Å². The molecule has 1 rings (SSSR count). The number of phenolic OH excluding ortho intramolecular Hbond substituents is 1. The summed E-state index contributed by atoms with van der Waals surface area (Å²) in [5.41, 5.74) is 0.996. The molecular formula is C12H17NO4S. The molecule has 2 N–H and O–H groups in total. The second-order valence-electron chi connectivity index (χ2n) is 4.15. The van der Waals surface area contributed by atoms with Gasteiger partial charge >= 0.3 is 0 Å². The van der Waals surface area contributed by atoms with Crippen LogP contribution in [0.2, 0.25) is 0 Å². The topological polar surface area (TPSA) is 83.5 Å². The molecule has 0 fully saturated rings. The molecule has 0 saturated carbocycles. The van der Waals surface area contributed by atoms with Crippen molar-refractivity contribution in [3.63, 3.8) is 0 Å². The summed E-state index contributed by atoms with van der Waals surface area (Å²) in [5.74, 6) is -0.187. The molecule has 1 aromatic carbocycles. The van der Waals surface area contributed by atoms with Crippen LogP contribution >= 0.6 is 0 Å². The van der Waals surface area contributed by atoms with Crippen molar-refractivity contribution in [2.45, 2.75) is 12.8 Å². The second-order valence-corrected chi connectivity index (χ2v) is 6.41. The van der Waals surface area contributed by atoms with E-state index in [1.54, 1.807) is 24.3 Å². The van der Waals surface area contributed by atoms with Crippen molar-refractivity contribution in [2.24, 2.45) is 0 Å². The third-order valence-corrected chi connectivity index (χ3v) is 3.32. The van der Waals surface area contributed by atoms with Crippen LogP contribution < -0.4 is 5.32 Å². The van der Waals surface area contributed by atoms with Crippen LogP contribution in [0.4, 0.5) is 0 Å². The van der Waals surface area contributed by atoms with Gasteiger partial charge in [-0.1, -0.05) is 12.1 Å². The van der Waals surface area contributed by atoms with Gasteiger partial charge in [-0.15, -0.1) is 0 Å². The Kier molecular flexibility index (Phi) is 5.15. The monoisotopic (exact) mass is 271 g/mol. The highest BCUT2D eigenvalue weighted by Gasteiger charge is 2.07. The number of amides is 1. The Morgan fingerprint density at radius 3 is 2.44 bits per heavy atom. The second kappa shape index (κ2) is 6.39. The van der Waals surface area contributed by atoms with Gasteiger partial charge in [-0.25, -0.2) is 8.42 Å². The van der Waals surface area contributed by atoms with Crippen molar-refractivity contribution in [2.75, 3.05) is 18.6 Å². The van der Waals surface area contributed by atoms with E-state index in [1.807, 2.05) is 0 Å². The molecule has 0 unspecified atom stereocenters. The predicted octanol–water partition coefficient (Wildman–Crippen LogP) is 0.486. The minimum Gasteiger partial charge on any atom is -0.508 e. The number of aromatic hydroxyl groups is 1. The Morgan fingerprint density at radius 2 is 1.89 bits per heavy atom. The molecule has 0 spiro atoms. The highest BCUT2D eigenvalue weighted by Crippen LogP contribution is 2.09. The maximum Gasteiger partial charge on any atom is 0.221 e. The fourth-order valence-corrected chi connectivity index (χ4v) is 1.93. The lowest BCUT2D eigenvalue weighted by molar-refractivity contribution is -0.120. The van der Waals surface area contributed by atoms with Gasteiger partial charge in [0.05, 0.1) is 5.75 Å². The Hall–Kier alpha value is -1.56. The SMILES string of the molecule is CS(=O)(=O)CCC(=O)NCCc1ccc(O)cc1. The van der Waals surface area contributed by atoms with Crippen molar-refractivity contribution in [1.82, 2.24) is 5.32 Å². The fourth-order valence-electron chi connectivity index (χ4n) is 1.38. The number of carbonyl (C=O) groups excluding carboxylic acids is 1. The summed E-state index contributed by atoms with van der Waals surface area (Å²) in [6.45, 7) is 0.452. The van der Waals surface area contributed by atoms with Crippen molar-refractivity contribution in [1.29, 1.82) is 0 Å². The van der Waals surface area contributed by atoms with Crippen LogP contribution in [0, 0.1) is 0 Å². The van der Waals surface area contributed by atoms with Crippen LogP contribution in [-0.2, 0) is 21.1 Å². The molecule has 0 aromatic heterocycles. The lowest BCUT2D eigenvalue weighted by atomic mass is 10.1. The third kappa shape index (κ3) is 6.24. The Bertz CT molecular complexity index is 493. The van der Waals surface area contributed by atoms with Gasteiger partial charge in [0.1, 0.15) is 15.6 Å². The molecule has 0 aliphatic carbocycles. The quantitative estimate of drug-likeness (QED) is 0.788. The number of hydrogen-bond acceptors (Lipinski definition) is 4. The first-order chi connectivity index (χ1) is 8.37. The molecule has 0 radical (unpaired) electrons. The standard InChI is InChI=1S/C12H17NO4S/c1-18(16,17)9-7-12(15)13-8-6-10-2-4-11(14)5-3-10/h2-5,14H,6-9H2,1H3,(H,13,15). The van der Waals surface area contributed by atoms with Crippen LogP contribution in [0.15, 0.2) is 24.3 Å². The number of carbonyl (C=O) groups is 1. The van der Waals surface area contributed by atoms with Gasteiger partial charge in [-0.3, -0.25) is 4.79 Å². The van der Waals surface area contributed by atoms with E-state index in [2.05, 4.69) is 5.32 Å². The number of rotatable bonds is 6. The molecule has 6 heteroatoms. The first-order valence-electron chi connectivity index (χ1n) is 5.59. The maximum atomic E-state index is 11.3.